The van der Waals surface area contributed by atoms with Crippen LogP contribution in [-0.4, -0.2) is 27.8 Å². The van der Waals surface area contributed by atoms with Crippen LogP contribution in [0.25, 0.3) is 11.4 Å². The summed E-state index contributed by atoms with van der Waals surface area (Å²) in [6.45, 7) is 3.86. The molecule has 0 fully saturated rings. The Bertz CT molecular complexity index is 907. The number of aryl methyl sites for hydroxylation is 1. The van der Waals surface area contributed by atoms with Gasteiger partial charge in [-0.15, -0.1) is 0 Å². The second-order valence-electron chi connectivity index (χ2n) is 5.78. The van der Waals surface area contributed by atoms with Gasteiger partial charge in [-0.25, -0.2) is 9.97 Å². The fourth-order valence-corrected chi connectivity index (χ4v) is 2.51. The van der Waals surface area contributed by atoms with E-state index in [4.69, 9.17) is 0 Å². The fourth-order valence-electron chi connectivity index (χ4n) is 2.51. The Morgan fingerprint density at radius 3 is 2.40 bits per heavy atom. The van der Waals surface area contributed by atoms with E-state index in [9.17, 15) is 5.11 Å². The number of anilines is 1. The summed E-state index contributed by atoms with van der Waals surface area (Å²) in [7, 11) is 1.85. The van der Waals surface area contributed by atoms with Gasteiger partial charge in [0.25, 0.3) is 0 Å². The van der Waals surface area contributed by atoms with Crippen LogP contribution in [0.1, 0.15) is 18.2 Å². The number of para-hydroxylation sites is 1. The van der Waals surface area contributed by atoms with Crippen LogP contribution in [0, 0.1) is 6.92 Å². The molecule has 126 valence electrons. The molecule has 0 saturated carbocycles. The first-order valence-electron chi connectivity index (χ1n) is 8.03. The molecule has 5 heteroatoms. The van der Waals surface area contributed by atoms with Gasteiger partial charge in [-0.2, -0.15) is 5.10 Å². The van der Waals surface area contributed by atoms with Crippen LogP contribution < -0.4 is 5.01 Å². The van der Waals surface area contributed by atoms with Gasteiger partial charge < -0.3 is 5.11 Å². The molecule has 0 bridgehead atoms. The van der Waals surface area contributed by atoms with Gasteiger partial charge in [-0.05, 0) is 31.5 Å². The first-order chi connectivity index (χ1) is 12.0. The molecule has 3 rings (SSSR count). The number of aromatic hydroxyl groups is 1. The highest BCUT2D eigenvalue weighted by Crippen LogP contribution is 2.27. The zero-order valence-corrected chi connectivity index (χ0v) is 14.5. The highest BCUT2D eigenvalue weighted by molar-refractivity contribution is 5.99. The number of phenols is 1. The molecule has 5 nitrogen and oxygen atoms in total. The quantitative estimate of drug-likeness (QED) is 0.579. The van der Waals surface area contributed by atoms with Crippen molar-refractivity contribution in [3.8, 4) is 17.1 Å². The van der Waals surface area contributed by atoms with Crippen LogP contribution in [0.15, 0.2) is 65.8 Å². The van der Waals surface area contributed by atoms with Crippen molar-refractivity contribution in [1.29, 1.82) is 0 Å². The minimum Gasteiger partial charge on any atom is -0.507 e. The standard InChI is InChI=1S/C20H20N4O/c1-14-13-19(22-20(21-14)17-11-7-8-12-18(17)25)24(3)23-15(2)16-9-5-4-6-10-16/h4-13,25H,1-3H3/b23-15-. The summed E-state index contributed by atoms with van der Waals surface area (Å²) in [4.78, 5) is 9.00. The smallest absolute Gasteiger partial charge is 0.165 e. The van der Waals surface area contributed by atoms with E-state index in [2.05, 4.69) is 15.1 Å². The molecule has 0 atom stereocenters. The predicted octanol–water partition coefficient (Wildman–Crippen LogP) is 4.02. The number of benzene rings is 2. The summed E-state index contributed by atoms with van der Waals surface area (Å²) in [6.07, 6.45) is 0. The lowest BCUT2D eigenvalue weighted by molar-refractivity contribution is 0.477. The topological polar surface area (TPSA) is 61.6 Å². The number of aromatic nitrogens is 2. The lowest BCUT2D eigenvalue weighted by Crippen LogP contribution is -2.14. The van der Waals surface area contributed by atoms with Crippen LogP contribution in [0.5, 0.6) is 5.75 Å². The molecule has 0 aliphatic heterocycles. The van der Waals surface area contributed by atoms with E-state index < -0.39 is 0 Å². The Hall–Kier alpha value is -3.21. The molecular formula is C20H20N4O. The zero-order chi connectivity index (χ0) is 17.8. The Labute approximate surface area is 147 Å². The Morgan fingerprint density at radius 2 is 1.68 bits per heavy atom. The second-order valence-corrected chi connectivity index (χ2v) is 5.78. The lowest BCUT2D eigenvalue weighted by atomic mass is 10.1. The number of hydrogen-bond acceptors (Lipinski definition) is 5. The van der Waals surface area contributed by atoms with Crippen LogP contribution in [-0.2, 0) is 0 Å². The minimum atomic E-state index is 0.158. The summed E-state index contributed by atoms with van der Waals surface area (Å²) < 4.78 is 0. The van der Waals surface area contributed by atoms with Crippen molar-refractivity contribution in [2.24, 2.45) is 5.10 Å². The summed E-state index contributed by atoms with van der Waals surface area (Å²) in [6, 6.07) is 18.9. The number of nitrogens with zero attached hydrogens (tertiary/aromatic N) is 4. The van der Waals surface area contributed by atoms with E-state index in [1.54, 1.807) is 23.2 Å². The Kier molecular flexibility index (Phi) is 4.75. The number of phenolic OH excluding ortho intramolecular Hbond substituents is 1. The van der Waals surface area contributed by atoms with Gasteiger partial charge in [0, 0.05) is 18.8 Å². The molecule has 0 aliphatic carbocycles. The van der Waals surface area contributed by atoms with Crippen molar-refractivity contribution in [2.75, 3.05) is 12.1 Å². The average molecular weight is 332 g/mol. The van der Waals surface area contributed by atoms with Crippen molar-refractivity contribution in [3.05, 3.63) is 71.9 Å². The molecule has 0 saturated heterocycles. The van der Waals surface area contributed by atoms with Gasteiger partial charge in [-0.1, -0.05) is 42.5 Å². The van der Waals surface area contributed by atoms with Crippen molar-refractivity contribution in [2.45, 2.75) is 13.8 Å². The van der Waals surface area contributed by atoms with E-state index in [-0.39, 0.29) is 5.75 Å². The van der Waals surface area contributed by atoms with Crippen molar-refractivity contribution >= 4 is 11.5 Å². The molecule has 1 heterocycles. The summed E-state index contributed by atoms with van der Waals surface area (Å²) in [5, 5.41) is 16.4. The van der Waals surface area contributed by atoms with Gasteiger partial charge in [-0.3, -0.25) is 5.01 Å². The van der Waals surface area contributed by atoms with E-state index in [1.807, 2.05) is 63.4 Å². The molecule has 3 aromatic rings. The molecule has 2 aromatic carbocycles. The number of hydrogen-bond donors (Lipinski definition) is 1. The third kappa shape index (κ3) is 3.83. The van der Waals surface area contributed by atoms with E-state index in [0.29, 0.717) is 17.2 Å². The van der Waals surface area contributed by atoms with Crippen LogP contribution in [0.2, 0.25) is 0 Å². The normalized spacial score (nSPS) is 11.4. The number of hydrazone groups is 1. The zero-order valence-electron chi connectivity index (χ0n) is 14.5. The van der Waals surface area contributed by atoms with Crippen LogP contribution in [0.4, 0.5) is 5.82 Å². The first-order valence-corrected chi connectivity index (χ1v) is 8.03. The maximum absolute atomic E-state index is 10.1. The van der Waals surface area contributed by atoms with Gasteiger partial charge in [0.15, 0.2) is 11.6 Å². The molecule has 1 N–H and O–H groups in total. The summed E-state index contributed by atoms with van der Waals surface area (Å²) in [5.74, 6) is 1.30. The maximum Gasteiger partial charge on any atom is 0.165 e. The maximum atomic E-state index is 10.1. The van der Waals surface area contributed by atoms with E-state index >= 15 is 0 Å². The molecule has 0 unspecified atom stereocenters. The average Bonchev–Trinajstić information content (AvgIpc) is 2.62. The van der Waals surface area contributed by atoms with Crippen molar-refractivity contribution in [3.63, 3.8) is 0 Å². The number of rotatable bonds is 4. The molecule has 0 spiro atoms. The van der Waals surface area contributed by atoms with Gasteiger partial charge >= 0.3 is 0 Å². The molecule has 0 amide bonds. The monoisotopic (exact) mass is 332 g/mol. The fraction of sp³-hybridized carbons (Fsp3) is 0.150. The van der Waals surface area contributed by atoms with Gasteiger partial charge in [0.2, 0.25) is 0 Å². The van der Waals surface area contributed by atoms with Gasteiger partial charge in [0.05, 0.1) is 11.3 Å². The largest absolute Gasteiger partial charge is 0.507 e. The molecule has 25 heavy (non-hydrogen) atoms. The third-order valence-electron chi connectivity index (χ3n) is 3.81. The van der Waals surface area contributed by atoms with Crippen LogP contribution in [0.3, 0.4) is 0 Å². The summed E-state index contributed by atoms with van der Waals surface area (Å²) >= 11 is 0. The SMILES string of the molecule is C/C(=N/N(C)c1cc(C)nc(-c2ccccc2O)n1)c1ccccc1. The lowest BCUT2D eigenvalue weighted by Gasteiger charge is -2.15. The van der Waals surface area contributed by atoms with Crippen LogP contribution >= 0.6 is 0 Å². The summed E-state index contributed by atoms with van der Waals surface area (Å²) in [5.41, 5.74) is 3.36. The van der Waals surface area contributed by atoms with E-state index in [0.717, 1.165) is 17.0 Å². The first kappa shape index (κ1) is 16.6. The van der Waals surface area contributed by atoms with Crippen molar-refractivity contribution < 1.29 is 5.11 Å². The molecule has 0 radical (unpaired) electrons. The van der Waals surface area contributed by atoms with Crippen molar-refractivity contribution in [1.82, 2.24) is 9.97 Å². The van der Waals surface area contributed by atoms with E-state index in [1.165, 1.54) is 0 Å². The highest BCUT2D eigenvalue weighted by Gasteiger charge is 2.11. The third-order valence-corrected chi connectivity index (χ3v) is 3.81. The highest BCUT2D eigenvalue weighted by atomic mass is 16.3. The second kappa shape index (κ2) is 7.13. The molecular weight excluding hydrogens is 312 g/mol. The molecule has 1 aromatic heterocycles. The molecule has 0 aliphatic rings. The van der Waals surface area contributed by atoms with Gasteiger partial charge in [0.1, 0.15) is 5.75 Å². The predicted molar refractivity (Wildman–Crippen MR) is 101 cm³/mol. The Morgan fingerprint density at radius 1 is 1.00 bits per heavy atom. The Balaban J connectivity index is 1.96. The minimum absolute atomic E-state index is 0.158.